The summed E-state index contributed by atoms with van der Waals surface area (Å²) in [5.74, 6) is 0.793. The molecule has 158 valence electrons. The topological polar surface area (TPSA) is 59.0 Å². The van der Waals surface area contributed by atoms with Crippen molar-refractivity contribution in [2.75, 3.05) is 14.2 Å². The standard InChI is InChI=1S/C25H22BrNO4/c1-30-20-12-8-17(9-13-20)22-23(18-6-10-19(26)11-7-18)27(25(29)24(22)28)15-16-4-3-5-21(14-16)31-2/h3-14,23,28H,15H2,1-2H3/t23-/m1/s1. The SMILES string of the molecule is COc1ccc(C2=C(O)C(=O)N(Cc3cccc(OC)c3)[C@@H]2c2ccc(Br)cc2)cc1. The van der Waals surface area contributed by atoms with Crippen LogP contribution in [0.15, 0.2) is 83.0 Å². The summed E-state index contributed by atoms with van der Waals surface area (Å²) in [6.45, 7) is 0.334. The van der Waals surface area contributed by atoms with Crippen LogP contribution in [0.1, 0.15) is 22.7 Å². The molecule has 0 saturated heterocycles. The van der Waals surface area contributed by atoms with Crippen molar-refractivity contribution in [3.8, 4) is 11.5 Å². The van der Waals surface area contributed by atoms with Gasteiger partial charge in [0, 0.05) is 16.6 Å². The lowest BCUT2D eigenvalue weighted by atomic mass is 9.93. The fourth-order valence-corrected chi connectivity index (χ4v) is 4.11. The van der Waals surface area contributed by atoms with Gasteiger partial charge in [0.2, 0.25) is 0 Å². The number of carbonyl (C=O) groups excluding carboxylic acids is 1. The molecule has 5 nitrogen and oxygen atoms in total. The Bertz CT molecular complexity index is 1120. The highest BCUT2D eigenvalue weighted by molar-refractivity contribution is 9.10. The minimum atomic E-state index is -0.430. The number of carbonyl (C=O) groups is 1. The summed E-state index contributed by atoms with van der Waals surface area (Å²) in [7, 11) is 3.21. The van der Waals surface area contributed by atoms with Crippen molar-refractivity contribution in [2.45, 2.75) is 12.6 Å². The van der Waals surface area contributed by atoms with E-state index < -0.39 is 11.9 Å². The molecule has 1 heterocycles. The van der Waals surface area contributed by atoms with E-state index in [1.807, 2.05) is 72.8 Å². The highest BCUT2D eigenvalue weighted by Gasteiger charge is 2.41. The van der Waals surface area contributed by atoms with Crippen LogP contribution in [0, 0.1) is 0 Å². The summed E-state index contributed by atoms with van der Waals surface area (Å²) < 4.78 is 11.5. The van der Waals surface area contributed by atoms with Gasteiger partial charge in [-0.1, -0.05) is 52.3 Å². The minimum Gasteiger partial charge on any atom is -0.503 e. The summed E-state index contributed by atoms with van der Waals surface area (Å²) in [5, 5.41) is 10.9. The van der Waals surface area contributed by atoms with Gasteiger partial charge in [0.15, 0.2) is 5.76 Å². The van der Waals surface area contributed by atoms with Crippen LogP contribution in [0.3, 0.4) is 0 Å². The van der Waals surface area contributed by atoms with E-state index in [1.54, 1.807) is 19.1 Å². The van der Waals surface area contributed by atoms with Crippen LogP contribution < -0.4 is 9.47 Å². The van der Waals surface area contributed by atoms with Crippen LogP contribution in [0.25, 0.3) is 5.57 Å². The van der Waals surface area contributed by atoms with E-state index in [0.717, 1.165) is 26.9 Å². The molecule has 0 aliphatic carbocycles. The molecule has 0 aromatic heterocycles. The zero-order valence-corrected chi connectivity index (χ0v) is 18.8. The molecule has 0 fully saturated rings. The molecule has 6 heteroatoms. The second-order valence-electron chi connectivity index (χ2n) is 7.23. The Balaban J connectivity index is 1.78. The van der Waals surface area contributed by atoms with Gasteiger partial charge in [0.25, 0.3) is 5.91 Å². The number of halogens is 1. The Labute approximate surface area is 189 Å². The zero-order chi connectivity index (χ0) is 22.0. The molecule has 31 heavy (non-hydrogen) atoms. The molecule has 3 aromatic carbocycles. The Morgan fingerprint density at radius 3 is 2.26 bits per heavy atom. The molecule has 1 aliphatic rings. The number of rotatable bonds is 6. The Hall–Kier alpha value is -3.25. The fourth-order valence-electron chi connectivity index (χ4n) is 3.84. The highest BCUT2D eigenvalue weighted by atomic mass is 79.9. The monoisotopic (exact) mass is 479 g/mol. The summed E-state index contributed by atoms with van der Waals surface area (Å²) >= 11 is 3.47. The summed E-state index contributed by atoms with van der Waals surface area (Å²) in [6, 6.07) is 22.3. The van der Waals surface area contributed by atoms with Gasteiger partial charge in [-0.15, -0.1) is 0 Å². The summed E-state index contributed by atoms with van der Waals surface area (Å²) in [4.78, 5) is 14.9. The maximum absolute atomic E-state index is 13.2. The van der Waals surface area contributed by atoms with Gasteiger partial charge in [-0.3, -0.25) is 4.79 Å². The van der Waals surface area contributed by atoms with Crippen molar-refractivity contribution in [3.05, 3.63) is 99.7 Å². The van der Waals surface area contributed by atoms with E-state index in [4.69, 9.17) is 9.47 Å². The van der Waals surface area contributed by atoms with Crippen molar-refractivity contribution in [2.24, 2.45) is 0 Å². The normalized spacial score (nSPS) is 16.0. The van der Waals surface area contributed by atoms with Gasteiger partial charge in [0.1, 0.15) is 11.5 Å². The van der Waals surface area contributed by atoms with Crippen LogP contribution in [0.5, 0.6) is 11.5 Å². The number of ether oxygens (including phenoxy) is 2. The molecule has 1 amide bonds. The molecular weight excluding hydrogens is 458 g/mol. The van der Waals surface area contributed by atoms with E-state index >= 15 is 0 Å². The average Bonchev–Trinajstić information content (AvgIpc) is 3.05. The quantitative estimate of drug-likeness (QED) is 0.505. The first-order chi connectivity index (χ1) is 15.0. The average molecular weight is 480 g/mol. The third-order valence-electron chi connectivity index (χ3n) is 5.38. The largest absolute Gasteiger partial charge is 0.503 e. The summed E-state index contributed by atoms with van der Waals surface area (Å²) in [6.07, 6.45) is 0. The Kier molecular flexibility index (Phi) is 6.00. The molecule has 0 saturated carbocycles. The van der Waals surface area contributed by atoms with Crippen molar-refractivity contribution >= 4 is 27.4 Å². The van der Waals surface area contributed by atoms with Gasteiger partial charge in [-0.05, 0) is 53.1 Å². The van der Waals surface area contributed by atoms with Crippen LogP contribution in [-0.4, -0.2) is 30.1 Å². The van der Waals surface area contributed by atoms with Crippen LogP contribution in [0.2, 0.25) is 0 Å². The maximum atomic E-state index is 13.2. The molecule has 0 spiro atoms. The molecule has 0 bridgehead atoms. The number of hydrogen-bond acceptors (Lipinski definition) is 4. The van der Waals surface area contributed by atoms with Crippen LogP contribution in [-0.2, 0) is 11.3 Å². The molecule has 3 aromatic rings. The van der Waals surface area contributed by atoms with Gasteiger partial charge in [-0.25, -0.2) is 0 Å². The molecule has 0 unspecified atom stereocenters. The first-order valence-electron chi connectivity index (χ1n) is 9.78. The zero-order valence-electron chi connectivity index (χ0n) is 17.2. The van der Waals surface area contributed by atoms with Crippen LogP contribution in [0.4, 0.5) is 0 Å². The first-order valence-corrected chi connectivity index (χ1v) is 10.6. The van der Waals surface area contributed by atoms with E-state index in [-0.39, 0.29) is 5.76 Å². The molecule has 1 N–H and O–H groups in total. The van der Waals surface area contributed by atoms with E-state index in [9.17, 15) is 9.90 Å². The minimum absolute atomic E-state index is 0.235. The molecule has 1 aliphatic heterocycles. The summed E-state index contributed by atoms with van der Waals surface area (Å²) in [5.41, 5.74) is 3.18. The predicted octanol–water partition coefficient (Wildman–Crippen LogP) is 5.52. The van der Waals surface area contributed by atoms with E-state index in [1.165, 1.54) is 0 Å². The van der Waals surface area contributed by atoms with Crippen molar-refractivity contribution < 1.29 is 19.4 Å². The maximum Gasteiger partial charge on any atom is 0.290 e. The first kappa shape index (κ1) is 21.0. The second-order valence-corrected chi connectivity index (χ2v) is 8.15. The lowest BCUT2D eigenvalue weighted by Crippen LogP contribution is -2.29. The number of aliphatic hydroxyl groups is 1. The van der Waals surface area contributed by atoms with E-state index in [0.29, 0.717) is 17.9 Å². The lowest BCUT2D eigenvalue weighted by molar-refractivity contribution is -0.130. The van der Waals surface area contributed by atoms with Gasteiger partial charge < -0.3 is 19.5 Å². The molecule has 1 atom stereocenters. The predicted molar refractivity (Wildman–Crippen MR) is 123 cm³/mol. The van der Waals surface area contributed by atoms with Gasteiger partial charge >= 0.3 is 0 Å². The number of aliphatic hydroxyl groups excluding tert-OH is 1. The highest BCUT2D eigenvalue weighted by Crippen LogP contribution is 2.44. The Morgan fingerprint density at radius 1 is 0.935 bits per heavy atom. The number of nitrogens with zero attached hydrogens (tertiary/aromatic N) is 1. The van der Waals surface area contributed by atoms with Crippen LogP contribution >= 0.6 is 15.9 Å². The van der Waals surface area contributed by atoms with E-state index in [2.05, 4.69) is 15.9 Å². The number of amides is 1. The second kappa shape index (κ2) is 8.86. The number of methoxy groups -OCH3 is 2. The third-order valence-corrected chi connectivity index (χ3v) is 5.91. The third kappa shape index (κ3) is 4.16. The van der Waals surface area contributed by atoms with Crippen molar-refractivity contribution in [1.82, 2.24) is 4.90 Å². The molecular formula is C25H22BrNO4. The number of hydrogen-bond donors (Lipinski definition) is 1. The number of benzene rings is 3. The molecule has 0 radical (unpaired) electrons. The van der Waals surface area contributed by atoms with Crippen molar-refractivity contribution in [3.63, 3.8) is 0 Å². The smallest absolute Gasteiger partial charge is 0.290 e. The fraction of sp³-hybridized carbons (Fsp3) is 0.160. The Morgan fingerprint density at radius 2 is 1.61 bits per heavy atom. The van der Waals surface area contributed by atoms with Gasteiger partial charge in [-0.2, -0.15) is 0 Å². The van der Waals surface area contributed by atoms with Gasteiger partial charge in [0.05, 0.1) is 20.3 Å². The molecule has 4 rings (SSSR count). The van der Waals surface area contributed by atoms with Crippen molar-refractivity contribution in [1.29, 1.82) is 0 Å². The lowest BCUT2D eigenvalue weighted by Gasteiger charge is -2.27.